The predicted octanol–water partition coefficient (Wildman–Crippen LogP) is 4.60. The lowest BCUT2D eigenvalue weighted by Gasteiger charge is -2.06. The van der Waals surface area contributed by atoms with Crippen molar-refractivity contribution in [2.24, 2.45) is 0 Å². The molecule has 0 amide bonds. The number of hydrogen-bond acceptors (Lipinski definition) is 4. The fraction of sp³-hybridized carbons (Fsp3) is 0.0435. The van der Waals surface area contributed by atoms with E-state index in [1.165, 1.54) is 12.1 Å². The number of carbonyl (C=O) groups is 1. The van der Waals surface area contributed by atoms with Crippen LogP contribution in [0.1, 0.15) is 15.9 Å². The van der Waals surface area contributed by atoms with Crippen LogP contribution in [0.2, 0.25) is 0 Å². The second-order valence-electron chi connectivity index (χ2n) is 6.24. The third-order valence-corrected chi connectivity index (χ3v) is 4.34. The Labute approximate surface area is 162 Å². The highest BCUT2D eigenvalue weighted by Gasteiger charge is 2.16. The maximum Gasteiger partial charge on any atom is 0.342 e. The molecular formula is C23H18N2O3. The van der Waals surface area contributed by atoms with Crippen LogP contribution in [0.15, 0.2) is 91.1 Å². The molecule has 4 aromatic rings. The van der Waals surface area contributed by atoms with Crippen LogP contribution in [0.25, 0.3) is 16.9 Å². The van der Waals surface area contributed by atoms with Gasteiger partial charge in [-0.1, -0.05) is 60.7 Å². The summed E-state index contributed by atoms with van der Waals surface area (Å²) >= 11 is 0. The molecule has 1 heterocycles. The van der Waals surface area contributed by atoms with Crippen LogP contribution in [-0.4, -0.2) is 20.9 Å². The van der Waals surface area contributed by atoms with E-state index in [0.29, 0.717) is 0 Å². The van der Waals surface area contributed by atoms with Gasteiger partial charge in [-0.3, -0.25) is 0 Å². The molecule has 3 aromatic carbocycles. The number of carbonyl (C=O) groups excluding carboxylic acids is 1. The molecule has 0 atom stereocenters. The van der Waals surface area contributed by atoms with Crippen molar-refractivity contribution in [2.75, 3.05) is 0 Å². The number of aromatic nitrogens is 2. The van der Waals surface area contributed by atoms with Gasteiger partial charge < -0.3 is 9.84 Å². The molecule has 0 saturated carbocycles. The molecule has 0 aliphatic rings. The van der Waals surface area contributed by atoms with Crippen LogP contribution >= 0.6 is 0 Å². The highest BCUT2D eigenvalue weighted by molar-refractivity contribution is 5.92. The summed E-state index contributed by atoms with van der Waals surface area (Å²) in [6, 6.07) is 25.8. The summed E-state index contributed by atoms with van der Waals surface area (Å²) in [5.74, 6) is -0.680. The molecule has 0 bridgehead atoms. The topological polar surface area (TPSA) is 64.4 Å². The molecule has 5 nitrogen and oxygen atoms in total. The van der Waals surface area contributed by atoms with Crippen molar-refractivity contribution in [3.05, 3.63) is 102 Å². The van der Waals surface area contributed by atoms with E-state index in [0.717, 1.165) is 22.5 Å². The summed E-state index contributed by atoms with van der Waals surface area (Å²) in [6.45, 7) is 0.0459. The van der Waals surface area contributed by atoms with E-state index < -0.39 is 5.97 Å². The van der Waals surface area contributed by atoms with Crippen LogP contribution in [0.5, 0.6) is 5.75 Å². The number of benzene rings is 3. The Morgan fingerprint density at radius 3 is 2.25 bits per heavy atom. The van der Waals surface area contributed by atoms with E-state index in [1.54, 1.807) is 16.8 Å². The van der Waals surface area contributed by atoms with Crippen molar-refractivity contribution in [3.63, 3.8) is 0 Å². The molecule has 0 aliphatic carbocycles. The second kappa shape index (κ2) is 7.80. The third-order valence-electron chi connectivity index (χ3n) is 4.34. The van der Waals surface area contributed by atoms with Crippen molar-refractivity contribution >= 4 is 5.97 Å². The van der Waals surface area contributed by atoms with E-state index in [4.69, 9.17) is 9.84 Å². The molecule has 0 spiro atoms. The van der Waals surface area contributed by atoms with E-state index >= 15 is 0 Å². The lowest BCUT2D eigenvalue weighted by Crippen LogP contribution is -2.05. The smallest absolute Gasteiger partial charge is 0.342 e. The van der Waals surface area contributed by atoms with Gasteiger partial charge in [0.05, 0.1) is 11.4 Å². The van der Waals surface area contributed by atoms with Gasteiger partial charge in [0.2, 0.25) is 0 Å². The SMILES string of the molecule is O=C(OCc1cn(-c2ccccc2)nc1-c1ccccc1)c1ccccc1O. The van der Waals surface area contributed by atoms with Crippen LogP contribution < -0.4 is 0 Å². The number of hydrogen-bond donors (Lipinski definition) is 1. The van der Waals surface area contributed by atoms with Crippen molar-refractivity contribution in [2.45, 2.75) is 6.61 Å². The van der Waals surface area contributed by atoms with Crippen LogP contribution in [0, 0.1) is 0 Å². The number of nitrogens with zero attached hydrogens (tertiary/aromatic N) is 2. The maximum atomic E-state index is 12.4. The molecule has 0 unspecified atom stereocenters. The third kappa shape index (κ3) is 3.64. The van der Waals surface area contributed by atoms with Gasteiger partial charge >= 0.3 is 5.97 Å². The zero-order valence-corrected chi connectivity index (χ0v) is 15.0. The normalized spacial score (nSPS) is 10.6. The quantitative estimate of drug-likeness (QED) is 0.522. The summed E-state index contributed by atoms with van der Waals surface area (Å²) in [5.41, 5.74) is 3.51. The Balaban J connectivity index is 1.64. The molecule has 5 heteroatoms. The zero-order chi connectivity index (χ0) is 19.3. The van der Waals surface area contributed by atoms with E-state index in [-0.39, 0.29) is 17.9 Å². The lowest BCUT2D eigenvalue weighted by atomic mass is 10.1. The van der Waals surface area contributed by atoms with Crippen molar-refractivity contribution in [1.29, 1.82) is 0 Å². The van der Waals surface area contributed by atoms with Crippen molar-refractivity contribution in [3.8, 4) is 22.7 Å². The van der Waals surface area contributed by atoms with Gasteiger partial charge in [-0.2, -0.15) is 5.10 Å². The fourth-order valence-corrected chi connectivity index (χ4v) is 2.93. The number of esters is 1. The minimum Gasteiger partial charge on any atom is -0.507 e. The summed E-state index contributed by atoms with van der Waals surface area (Å²) in [6.07, 6.45) is 1.86. The molecular weight excluding hydrogens is 352 g/mol. The predicted molar refractivity (Wildman–Crippen MR) is 106 cm³/mol. The molecule has 0 saturated heterocycles. The standard InChI is InChI=1S/C23H18N2O3/c26-21-14-8-7-13-20(21)23(27)28-16-18-15-25(19-11-5-2-6-12-19)24-22(18)17-9-3-1-4-10-17/h1-15,26H,16H2. The minimum absolute atomic E-state index is 0.0459. The average molecular weight is 370 g/mol. The van der Waals surface area contributed by atoms with Gasteiger partial charge in [0.15, 0.2) is 0 Å². The average Bonchev–Trinajstić information content (AvgIpc) is 3.18. The first-order valence-corrected chi connectivity index (χ1v) is 8.87. The number of ether oxygens (including phenoxy) is 1. The Bertz CT molecular complexity index is 1090. The van der Waals surface area contributed by atoms with Gasteiger partial charge in [0.1, 0.15) is 17.9 Å². The zero-order valence-electron chi connectivity index (χ0n) is 15.0. The fourth-order valence-electron chi connectivity index (χ4n) is 2.93. The van der Waals surface area contributed by atoms with Crippen molar-refractivity contribution in [1.82, 2.24) is 9.78 Å². The first-order chi connectivity index (χ1) is 13.7. The number of aromatic hydroxyl groups is 1. The Hall–Kier alpha value is -3.86. The van der Waals surface area contributed by atoms with Gasteiger partial charge in [0.25, 0.3) is 0 Å². The number of para-hydroxylation sites is 2. The minimum atomic E-state index is -0.579. The molecule has 28 heavy (non-hydrogen) atoms. The molecule has 1 aromatic heterocycles. The molecule has 4 rings (SSSR count). The number of rotatable bonds is 5. The highest BCUT2D eigenvalue weighted by Crippen LogP contribution is 2.25. The van der Waals surface area contributed by atoms with E-state index in [2.05, 4.69) is 0 Å². The molecule has 0 fully saturated rings. The van der Waals surface area contributed by atoms with Gasteiger partial charge in [-0.05, 0) is 24.3 Å². The Morgan fingerprint density at radius 2 is 1.54 bits per heavy atom. The van der Waals surface area contributed by atoms with Crippen LogP contribution in [0.4, 0.5) is 0 Å². The summed E-state index contributed by atoms with van der Waals surface area (Å²) in [7, 11) is 0. The maximum absolute atomic E-state index is 12.4. The monoisotopic (exact) mass is 370 g/mol. The van der Waals surface area contributed by atoms with Gasteiger partial charge in [-0.15, -0.1) is 0 Å². The summed E-state index contributed by atoms with van der Waals surface area (Å²) < 4.78 is 7.22. The molecule has 1 N–H and O–H groups in total. The van der Waals surface area contributed by atoms with Gasteiger partial charge in [0, 0.05) is 17.3 Å². The lowest BCUT2D eigenvalue weighted by molar-refractivity contribution is 0.0470. The summed E-state index contributed by atoms with van der Waals surface area (Å²) in [5, 5.41) is 14.5. The number of phenols is 1. The largest absolute Gasteiger partial charge is 0.507 e. The Kier molecular flexibility index (Phi) is 4.89. The first kappa shape index (κ1) is 17.5. The van der Waals surface area contributed by atoms with Crippen molar-refractivity contribution < 1.29 is 14.6 Å². The van der Waals surface area contributed by atoms with Crippen LogP contribution in [-0.2, 0) is 11.3 Å². The number of phenolic OH excluding ortho intramolecular Hbond substituents is 1. The summed E-state index contributed by atoms with van der Waals surface area (Å²) in [4.78, 5) is 12.4. The van der Waals surface area contributed by atoms with E-state index in [1.807, 2.05) is 66.9 Å². The Morgan fingerprint density at radius 1 is 0.893 bits per heavy atom. The second-order valence-corrected chi connectivity index (χ2v) is 6.24. The van der Waals surface area contributed by atoms with E-state index in [9.17, 15) is 9.90 Å². The highest BCUT2D eigenvalue weighted by atomic mass is 16.5. The van der Waals surface area contributed by atoms with Gasteiger partial charge in [-0.25, -0.2) is 9.48 Å². The van der Waals surface area contributed by atoms with Crippen LogP contribution in [0.3, 0.4) is 0 Å². The first-order valence-electron chi connectivity index (χ1n) is 8.87. The molecule has 0 aliphatic heterocycles. The molecule has 138 valence electrons. The molecule has 0 radical (unpaired) electrons.